The van der Waals surface area contributed by atoms with Gasteiger partial charge in [0.15, 0.2) is 0 Å². The summed E-state index contributed by atoms with van der Waals surface area (Å²) in [4.78, 5) is 17.7. The molecule has 3 aromatic rings. The van der Waals surface area contributed by atoms with Crippen molar-refractivity contribution in [3.05, 3.63) is 45.5 Å². The zero-order chi connectivity index (χ0) is 21.1. The lowest BCUT2D eigenvalue weighted by molar-refractivity contribution is 0.0425. The van der Waals surface area contributed by atoms with Crippen LogP contribution in [0.3, 0.4) is 0 Å². The second-order valence-electron chi connectivity index (χ2n) is 8.86. The van der Waals surface area contributed by atoms with Crippen molar-refractivity contribution >= 4 is 49.0 Å². The molecule has 2 aromatic heterocycles. The highest BCUT2D eigenvalue weighted by Crippen LogP contribution is 2.38. The Morgan fingerprint density at radius 1 is 1.38 bits per heavy atom. The number of rotatable bonds is 4. The number of nitrogens with zero attached hydrogens (tertiary/aromatic N) is 2. The van der Waals surface area contributed by atoms with Gasteiger partial charge in [0.2, 0.25) is 0 Å². The van der Waals surface area contributed by atoms with Crippen molar-refractivity contribution in [1.82, 2.24) is 14.9 Å². The van der Waals surface area contributed by atoms with Crippen LogP contribution in [0, 0.1) is 6.92 Å². The quantitative estimate of drug-likeness (QED) is 0.529. The number of aryl methyl sites for hydroxylation is 2. The number of aromatic nitrogens is 2. The molecular formula is C21H26B2ClN3O2. The molecule has 0 bridgehead atoms. The smallest absolute Gasteiger partial charge is 0.259 e. The zero-order valence-corrected chi connectivity index (χ0v) is 18.6. The Labute approximate surface area is 177 Å². The predicted molar refractivity (Wildman–Crippen MR) is 125 cm³/mol. The Morgan fingerprint density at radius 3 is 2.69 bits per heavy atom. The van der Waals surface area contributed by atoms with Crippen LogP contribution in [-0.2, 0) is 6.54 Å². The van der Waals surface area contributed by atoms with Gasteiger partial charge in [-0.2, -0.15) is 0 Å². The minimum absolute atomic E-state index is 0.0491. The molecule has 2 unspecified atom stereocenters. The second-order valence-corrected chi connectivity index (χ2v) is 9.27. The van der Waals surface area contributed by atoms with Crippen molar-refractivity contribution in [2.24, 2.45) is 0 Å². The SMILES string of the molecule is BC(B)(Oc1cc2c(=O)n(CC)c3c(C)nccc3c2cc1Cl)C1(C)CC(C)N1. The molecule has 0 saturated carbocycles. The van der Waals surface area contributed by atoms with E-state index in [-0.39, 0.29) is 11.1 Å². The van der Waals surface area contributed by atoms with Crippen LogP contribution in [-0.4, -0.2) is 42.2 Å². The van der Waals surface area contributed by atoms with Crippen molar-refractivity contribution in [2.45, 2.75) is 57.6 Å². The van der Waals surface area contributed by atoms with Gasteiger partial charge in [-0.05, 0) is 57.7 Å². The molecule has 8 heteroatoms. The third kappa shape index (κ3) is 3.06. The fourth-order valence-corrected chi connectivity index (χ4v) is 4.84. The van der Waals surface area contributed by atoms with E-state index in [1.807, 2.05) is 26.0 Å². The van der Waals surface area contributed by atoms with Crippen LogP contribution >= 0.6 is 11.6 Å². The lowest BCUT2D eigenvalue weighted by Gasteiger charge is -2.55. The summed E-state index contributed by atoms with van der Waals surface area (Å²) in [5, 5.41) is 5.99. The van der Waals surface area contributed by atoms with Crippen LogP contribution in [0.1, 0.15) is 32.9 Å². The summed E-state index contributed by atoms with van der Waals surface area (Å²) >= 11 is 6.65. The maximum absolute atomic E-state index is 13.3. The van der Waals surface area contributed by atoms with Crippen molar-refractivity contribution < 1.29 is 4.74 Å². The molecule has 1 fully saturated rings. The van der Waals surface area contributed by atoms with E-state index in [2.05, 4.69) is 39.8 Å². The fourth-order valence-electron chi connectivity index (χ4n) is 4.64. The van der Waals surface area contributed by atoms with E-state index in [0.29, 0.717) is 28.7 Å². The van der Waals surface area contributed by atoms with E-state index < -0.39 is 5.40 Å². The summed E-state index contributed by atoms with van der Waals surface area (Å²) in [5.74, 6) is 0.539. The molecule has 3 heterocycles. The van der Waals surface area contributed by atoms with Crippen LogP contribution in [0.5, 0.6) is 5.75 Å². The number of hydrogen-bond donors (Lipinski definition) is 1. The molecule has 5 nitrogen and oxygen atoms in total. The molecule has 0 spiro atoms. The molecule has 1 saturated heterocycles. The lowest BCUT2D eigenvalue weighted by Crippen LogP contribution is -2.74. The minimum atomic E-state index is -0.488. The maximum atomic E-state index is 13.3. The summed E-state index contributed by atoms with van der Waals surface area (Å²) in [6.45, 7) is 8.79. The summed E-state index contributed by atoms with van der Waals surface area (Å²) in [6, 6.07) is 6.06. The molecule has 1 aromatic carbocycles. The van der Waals surface area contributed by atoms with Crippen molar-refractivity contribution in [3.8, 4) is 5.75 Å². The largest absolute Gasteiger partial charge is 0.502 e. The Bertz CT molecular complexity index is 1190. The summed E-state index contributed by atoms with van der Waals surface area (Å²) < 4.78 is 8.18. The Hall–Kier alpha value is -1.98. The van der Waals surface area contributed by atoms with E-state index >= 15 is 0 Å². The van der Waals surface area contributed by atoms with Gasteiger partial charge >= 0.3 is 0 Å². The van der Waals surface area contributed by atoms with Gasteiger partial charge in [0, 0.05) is 29.7 Å². The topological polar surface area (TPSA) is 56.2 Å². The third-order valence-electron chi connectivity index (χ3n) is 6.50. The standard InChI is InChI=1S/C21H26B2ClN3O2/c1-5-27-18-12(3)25-7-6-13(18)14-8-16(24)17(9-15(14)19(27)28)29-21(22,23)20(4)10-11(2)26-20/h6-9,11,26H,5,10,22-23H2,1-4H3. The molecule has 0 radical (unpaired) electrons. The highest BCUT2D eigenvalue weighted by Gasteiger charge is 2.50. The van der Waals surface area contributed by atoms with Gasteiger partial charge in [-0.1, -0.05) is 11.6 Å². The van der Waals surface area contributed by atoms with Crippen LogP contribution in [0.2, 0.25) is 5.02 Å². The molecule has 1 aliphatic rings. The highest BCUT2D eigenvalue weighted by atomic mass is 35.5. The van der Waals surface area contributed by atoms with Crippen molar-refractivity contribution in [1.29, 1.82) is 0 Å². The first kappa shape index (κ1) is 20.3. The van der Waals surface area contributed by atoms with E-state index in [1.165, 1.54) is 0 Å². The average molecular weight is 410 g/mol. The van der Waals surface area contributed by atoms with Crippen molar-refractivity contribution in [2.75, 3.05) is 0 Å². The monoisotopic (exact) mass is 409 g/mol. The number of ether oxygens (including phenoxy) is 1. The molecule has 150 valence electrons. The number of hydrogen-bond acceptors (Lipinski definition) is 4. The van der Waals surface area contributed by atoms with E-state index in [1.54, 1.807) is 16.8 Å². The van der Waals surface area contributed by atoms with Crippen molar-refractivity contribution in [3.63, 3.8) is 0 Å². The Morgan fingerprint density at radius 2 is 2.07 bits per heavy atom. The first-order valence-electron chi connectivity index (χ1n) is 10.2. The van der Waals surface area contributed by atoms with Crippen LogP contribution < -0.4 is 15.6 Å². The van der Waals surface area contributed by atoms with Gasteiger partial charge in [0.1, 0.15) is 21.4 Å². The number of nitrogens with one attached hydrogen (secondary N) is 1. The van der Waals surface area contributed by atoms with E-state index in [9.17, 15) is 4.79 Å². The van der Waals surface area contributed by atoms with Crippen LogP contribution in [0.25, 0.3) is 21.7 Å². The summed E-state index contributed by atoms with van der Waals surface area (Å²) in [7, 11) is 4.12. The first-order valence-corrected chi connectivity index (χ1v) is 10.5. The Kier molecular flexibility index (Phi) is 4.74. The first-order chi connectivity index (χ1) is 13.6. The fraction of sp³-hybridized carbons (Fsp3) is 0.429. The number of fused-ring (bicyclic) bond motifs is 3. The molecule has 0 amide bonds. The summed E-state index contributed by atoms with van der Waals surface area (Å²) in [6.07, 6.45) is 2.79. The molecule has 1 aliphatic heterocycles. The second kappa shape index (κ2) is 6.78. The van der Waals surface area contributed by atoms with Gasteiger partial charge in [-0.25, -0.2) is 0 Å². The normalized spacial score (nSPS) is 22.0. The van der Waals surface area contributed by atoms with Gasteiger partial charge in [-0.3, -0.25) is 9.78 Å². The molecule has 1 N–H and O–H groups in total. The molecular weight excluding hydrogens is 383 g/mol. The average Bonchev–Trinajstić information content (AvgIpc) is 2.62. The molecule has 0 aliphatic carbocycles. The zero-order valence-electron chi connectivity index (χ0n) is 17.9. The number of halogens is 1. The van der Waals surface area contributed by atoms with Crippen LogP contribution in [0.15, 0.2) is 29.2 Å². The highest BCUT2D eigenvalue weighted by molar-refractivity contribution is 6.40. The lowest BCUT2D eigenvalue weighted by atomic mass is 9.50. The Balaban J connectivity index is 1.91. The minimum Gasteiger partial charge on any atom is -0.502 e. The van der Waals surface area contributed by atoms with Gasteiger partial charge in [-0.15, -0.1) is 0 Å². The summed E-state index contributed by atoms with van der Waals surface area (Å²) in [5.41, 5.74) is 1.49. The van der Waals surface area contributed by atoms with E-state index in [0.717, 1.165) is 28.4 Å². The van der Waals surface area contributed by atoms with Crippen LogP contribution in [0.4, 0.5) is 0 Å². The molecule has 2 atom stereocenters. The molecule has 4 rings (SSSR count). The third-order valence-corrected chi connectivity index (χ3v) is 6.80. The number of pyridine rings is 2. The molecule has 29 heavy (non-hydrogen) atoms. The predicted octanol–water partition coefficient (Wildman–Crippen LogP) is 1.97. The van der Waals surface area contributed by atoms with Gasteiger partial charge in [0.05, 0.1) is 27.0 Å². The van der Waals surface area contributed by atoms with Gasteiger partial charge < -0.3 is 14.6 Å². The van der Waals surface area contributed by atoms with Gasteiger partial charge in [0.25, 0.3) is 5.56 Å². The van der Waals surface area contributed by atoms with E-state index in [4.69, 9.17) is 16.3 Å². The maximum Gasteiger partial charge on any atom is 0.259 e. The number of benzene rings is 1.